The molecule has 0 amide bonds. The summed E-state index contributed by atoms with van der Waals surface area (Å²) in [6.45, 7) is 7.82. The van der Waals surface area contributed by atoms with Crippen LogP contribution in [-0.4, -0.2) is 9.97 Å². The first-order valence-electron chi connectivity index (χ1n) is 6.36. The van der Waals surface area contributed by atoms with Crippen molar-refractivity contribution in [3.8, 4) is 11.6 Å². The maximum absolute atomic E-state index is 6.17. The van der Waals surface area contributed by atoms with E-state index in [1.54, 1.807) is 25.1 Å². The Hall–Kier alpha value is -1.03. The molecule has 0 saturated heterocycles. The molecule has 0 saturated carbocycles. The Morgan fingerprint density at radius 2 is 1.71 bits per heavy atom. The Bertz CT molecular complexity index is 681. The van der Waals surface area contributed by atoms with E-state index in [9.17, 15) is 0 Å². The molecule has 0 bridgehead atoms. The molecular formula is C15H15Cl3N2O. The van der Waals surface area contributed by atoms with Gasteiger partial charge in [0.05, 0.1) is 5.02 Å². The number of halogens is 3. The molecule has 0 aliphatic heterocycles. The molecule has 0 unspecified atom stereocenters. The zero-order chi connectivity index (χ0) is 15.8. The maximum atomic E-state index is 6.17. The van der Waals surface area contributed by atoms with Crippen molar-refractivity contribution in [3.63, 3.8) is 0 Å². The van der Waals surface area contributed by atoms with Gasteiger partial charge in [-0.05, 0) is 25.1 Å². The second-order valence-electron chi connectivity index (χ2n) is 5.69. The SMILES string of the molecule is Cc1c(Cl)nc(C(C)(C)C)nc1Oc1ccc(Cl)cc1Cl. The van der Waals surface area contributed by atoms with Gasteiger partial charge in [-0.25, -0.2) is 4.98 Å². The van der Waals surface area contributed by atoms with Crippen LogP contribution in [-0.2, 0) is 5.41 Å². The Labute approximate surface area is 139 Å². The first-order chi connectivity index (χ1) is 9.68. The maximum Gasteiger partial charge on any atom is 0.227 e. The van der Waals surface area contributed by atoms with Crippen molar-refractivity contribution >= 4 is 34.8 Å². The van der Waals surface area contributed by atoms with Crippen LogP contribution in [0.3, 0.4) is 0 Å². The van der Waals surface area contributed by atoms with Gasteiger partial charge in [0, 0.05) is 16.0 Å². The molecule has 6 heteroatoms. The highest BCUT2D eigenvalue weighted by molar-refractivity contribution is 6.35. The number of hydrogen-bond donors (Lipinski definition) is 0. The fourth-order valence-electron chi connectivity index (χ4n) is 1.57. The van der Waals surface area contributed by atoms with E-state index in [1.807, 2.05) is 20.8 Å². The van der Waals surface area contributed by atoms with Gasteiger partial charge in [-0.2, -0.15) is 4.98 Å². The van der Waals surface area contributed by atoms with Gasteiger partial charge in [-0.1, -0.05) is 55.6 Å². The zero-order valence-electron chi connectivity index (χ0n) is 12.2. The lowest BCUT2D eigenvalue weighted by Crippen LogP contribution is -2.17. The number of benzene rings is 1. The summed E-state index contributed by atoms with van der Waals surface area (Å²) >= 11 is 18.2. The minimum absolute atomic E-state index is 0.237. The first-order valence-corrected chi connectivity index (χ1v) is 7.49. The first kappa shape index (κ1) is 16.3. The summed E-state index contributed by atoms with van der Waals surface area (Å²) in [5, 5.41) is 1.32. The van der Waals surface area contributed by atoms with Crippen LogP contribution >= 0.6 is 34.8 Å². The molecule has 0 aliphatic carbocycles. The number of rotatable bonds is 2. The van der Waals surface area contributed by atoms with E-state index in [1.165, 1.54) is 0 Å². The summed E-state index contributed by atoms with van der Waals surface area (Å²) < 4.78 is 5.79. The summed E-state index contributed by atoms with van der Waals surface area (Å²) in [7, 11) is 0. The van der Waals surface area contributed by atoms with Crippen LogP contribution in [0.25, 0.3) is 0 Å². The topological polar surface area (TPSA) is 35.0 Å². The number of hydrogen-bond acceptors (Lipinski definition) is 3. The van der Waals surface area contributed by atoms with Crippen LogP contribution in [0, 0.1) is 6.92 Å². The van der Waals surface area contributed by atoms with E-state index in [0.717, 1.165) is 0 Å². The summed E-state index contributed by atoms with van der Waals surface area (Å²) in [5.41, 5.74) is 0.426. The minimum Gasteiger partial charge on any atom is -0.437 e. The van der Waals surface area contributed by atoms with Gasteiger partial charge in [0.15, 0.2) is 0 Å². The van der Waals surface area contributed by atoms with E-state index in [4.69, 9.17) is 39.5 Å². The highest BCUT2D eigenvalue weighted by Gasteiger charge is 2.21. The van der Waals surface area contributed by atoms with E-state index in [2.05, 4.69) is 9.97 Å². The second-order valence-corrected chi connectivity index (χ2v) is 6.90. The largest absolute Gasteiger partial charge is 0.437 e. The third kappa shape index (κ3) is 3.79. The number of aromatic nitrogens is 2. The summed E-state index contributed by atoms with van der Waals surface area (Å²) in [5.74, 6) is 1.47. The molecule has 2 rings (SSSR count). The molecule has 0 fully saturated rings. The molecule has 112 valence electrons. The Morgan fingerprint density at radius 1 is 1.05 bits per heavy atom. The standard InChI is InChI=1S/C15H15Cl3N2O/c1-8-12(18)19-14(15(2,3)4)20-13(8)21-11-6-5-9(16)7-10(11)17/h5-7H,1-4H3. The zero-order valence-corrected chi connectivity index (χ0v) is 14.4. The van der Waals surface area contributed by atoms with Crippen molar-refractivity contribution in [2.45, 2.75) is 33.1 Å². The average Bonchev–Trinajstić information content (AvgIpc) is 2.36. The average molecular weight is 346 g/mol. The molecule has 1 heterocycles. The highest BCUT2D eigenvalue weighted by atomic mass is 35.5. The molecule has 21 heavy (non-hydrogen) atoms. The van der Waals surface area contributed by atoms with E-state index >= 15 is 0 Å². The van der Waals surface area contributed by atoms with Gasteiger partial charge in [0.1, 0.15) is 16.7 Å². The van der Waals surface area contributed by atoms with Crippen LogP contribution in [0.4, 0.5) is 0 Å². The van der Waals surface area contributed by atoms with Gasteiger partial charge in [-0.3, -0.25) is 0 Å². The molecule has 0 atom stereocenters. The molecule has 0 radical (unpaired) electrons. The lowest BCUT2D eigenvalue weighted by molar-refractivity contribution is 0.442. The highest BCUT2D eigenvalue weighted by Crippen LogP contribution is 2.34. The van der Waals surface area contributed by atoms with Crippen molar-refractivity contribution in [2.75, 3.05) is 0 Å². The molecule has 3 nitrogen and oxygen atoms in total. The third-order valence-corrected chi connectivity index (χ3v) is 3.71. The van der Waals surface area contributed by atoms with Crippen molar-refractivity contribution in [3.05, 3.63) is 44.8 Å². The van der Waals surface area contributed by atoms with Crippen LogP contribution in [0.2, 0.25) is 15.2 Å². The van der Waals surface area contributed by atoms with Crippen molar-refractivity contribution in [1.82, 2.24) is 9.97 Å². The third-order valence-electron chi connectivity index (χ3n) is 2.81. The van der Waals surface area contributed by atoms with Crippen LogP contribution in [0.1, 0.15) is 32.2 Å². The van der Waals surface area contributed by atoms with Gasteiger partial charge < -0.3 is 4.74 Å². The van der Waals surface area contributed by atoms with Crippen LogP contribution in [0.5, 0.6) is 11.6 Å². The second kappa shape index (κ2) is 5.99. The fraction of sp³-hybridized carbons (Fsp3) is 0.333. The normalized spacial score (nSPS) is 11.6. The fourth-order valence-corrected chi connectivity index (χ4v) is 2.17. The van der Waals surface area contributed by atoms with Crippen molar-refractivity contribution in [2.24, 2.45) is 0 Å². The Morgan fingerprint density at radius 3 is 2.29 bits per heavy atom. The molecule has 0 spiro atoms. The number of ether oxygens (including phenoxy) is 1. The van der Waals surface area contributed by atoms with E-state index < -0.39 is 0 Å². The van der Waals surface area contributed by atoms with Crippen molar-refractivity contribution < 1.29 is 4.74 Å². The summed E-state index contributed by atoms with van der Waals surface area (Å²) in [6.07, 6.45) is 0. The predicted molar refractivity (Wildman–Crippen MR) is 87.0 cm³/mol. The minimum atomic E-state index is -0.237. The van der Waals surface area contributed by atoms with Gasteiger partial charge in [0.2, 0.25) is 5.88 Å². The molecule has 1 aromatic heterocycles. The monoisotopic (exact) mass is 344 g/mol. The van der Waals surface area contributed by atoms with E-state index in [0.29, 0.717) is 38.2 Å². The lowest BCUT2D eigenvalue weighted by Gasteiger charge is -2.19. The Kier molecular flexibility index (Phi) is 4.66. The molecule has 0 aliphatic rings. The predicted octanol–water partition coefficient (Wildman–Crippen LogP) is 5.84. The molecule has 0 N–H and O–H groups in total. The molecule has 1 aromatic carbocycles. The Balaban J connectivity index is 2.46. The smallest absolute Gasteiger partial charge is 0.227 e. The quantitative estimate of drug-likeness (QED) is 0.642. The van der Waals surface area contributed by atoms with Gasteiger partial charge >= 0.3 is 0 Å². The summed E-state index contributed by atoms with van der Waals surface area (Å²) in [4.78, 5) is 8.76. The van der Waals surface area contributed by atoms with Crippen molar-refractivity contribution in [1.29, 1.82) is 0 Å². The van der Waals surface area contributed by atoms with Crippen LogP contribution in [0.15, 0.2) is 18.2 Å². The number of nitrogens with zero attached hydrogens (tertiary/aromatic N) is 2. The summed E-state index contributed by atoms with van der Waals surface area (Å²) in [6, 6.07) is 5.00. The van der Waals surface area contributed by atoms with E-state index in [-0.39, 0.29) is 5.41 Å². The van der Waals surface area contributed by atoms with Crippen LogP contribution < -0.4 is 4.74 Å². The molecular weight excluding hydrogens is 331 g/mol. The van der Waals surface area contributed by atoms with Gasteiger partial charge in [-0.15, -0.1) is 0 Å². The lowest BCUT2D eigenvalue weighted by atomic mass is 9.96. The molecule has 2 aromatic rings. The van der Waals surface area contributed by atoms with Gasteiger partial charge in [0.25, 0.3) is 0 Å².